The number of hydrogen-bond acceptors (Lipinski definition) is 4. The van der Waals surface area contributed by atoms with Crippen LogP contribution in [0.15, 0.2) is 23.8 Å². The van der Waals surface area contributed by atoms with E-state index in [0.29, 0.717) is 6.04 Å². The molecular weight excluding hydrogens is 308 g/mol. The second-order valence-corrected chi connectivity index (χ2v) is 7.05. The summed E-state index contributed by atoms with van der Waals surface area (Å²) in [6.07, 6.45) is 3.97. The Kier molecular flexibility index (Phi) is 5.13. The van der Waals surface area contributed by atoms with Crippen LogP contribution in [-0.2, 0) is 6.54 Å². The number of nitrogens with zero attached hydrogens (tertiary/aromatic N) is 3. The molecule has 1 saturated heterocycles. The van der Waals surface area contributed by atoms with Crippen molar-refractivity contribution in [3.05, 3.63) is 40.1 Å². The van der Waals surface area contributed by atoms with E-state index in [1.165, 1.54) is 17.0 Å². The van der Waals surface area contributed by atoms with Crippen molar-refractivity contribution < 1.29 is 4.79 Å². The Hall–Kier alpha value is -1.66. The first kappa shape index (κ1) is 16.2. The molecule has 5 nitrogen and oxygen atoms in total. The van der Waals surface area contributed by atoms with Gasteiger partial charge in [0, 0.05) is 37.9 Å². The molecular formula is C17H24N4OS. The van der Waals surface area contributed by atoms with Gasteiger partial charge in [-0.3, -0.25) is 4.79 Å². The number of thiophene rings is 1. The van der Waals surface area contributed by atoms with Crippen LogP contribution in [0.1, 0.15) is 33.9 Å². The molecule has 124 valence electrons. The molecule has 1 N–H and O–H groups in total. The highest BCUT2D eigenvalue weighted by Gasteiger charge is 2.23. The second-order valence-electron chi connectivity index (χ2n) is 6.11. The summed E-state index contributed by atoms with van der Waals surface area (Å²) in [4.78, 5) is 19.5. The van der Waals surface area contributed by atoms with Crippen LogP contribution in [0.4, 0.5) is 0 Å². The molecule has 1 aliphatic rings. The van der Waals surface area contributed by atoms with Gasteiger partial charge in [0.15, 0.2) is 0 Å². The van der Waals surface area contributed by atoms with E-state index in [4.69, 9.17) is 0 Å². The van der Waals surface area contributed by atoms with E-state index in [1.54, 1.807) is 0 Å². The summed E-state index contributed by atoms with van der Waals surface area (Å²) in [5, 5.41) is 5.58. The number of carbonyl (C=O) groups excluding carboxylic acids is 1. The molecule has 23 heavy (non-hydrogen) atoms. The second kappa shape index (κ2) is 7.27. The van der Waals surface area contributed by atoms with Gasteiger partial charge in [-0.1, -0.05) is 6.07 Å². The number of likely N-dealkylation sites (tertiary alicyclic amines) is 1. The number of imidazole rings is 1. The molecule has 0 radical (unpaired) electrons. The maximum atomic E-state index is 12.3. The minimum absolute atomic E-state index is 0.183. The van der Waals surface area contributed by atoms with Crippen LogP contribution in [0.3, 0.4) is 0 Å². The minimum Gasteiger partial charge on any atom is -0.338 e. The van der Waals surface area contributed by atoms with Gasteiger partial charge in [0.05, 0.1) is 16.9 Å². The Balaban J connectivity index is 1.41. The van der Waals surface area contributed by atoms with Crippen molar-refractivity contribution in [2.75, 3.05) is 19.6 Å². The van der Waals surface area contributed by atoms with Gasteiger partial charge in [-0.15, -0.1) is 11.3 Å². The van der Waals surface area contributed by atoms with E-state index in [0.717, 1.165) is 49.6 Å². The number of amides is 1. The predicted molar refractivity (Wildman–Crippen MR) is 92.9 cm³/mol. The van der Waals surface area contributed by atoms with E-state index in [-0.39, 0.29) is 5.91 Å². The number of aryl methyl sites for hydroxylation is 1. The van der Waals surface area contributed by atoms with Gasteiger partial charge in [0.25, 0.3) is 5.91 Å². The van der Waals surface area contributed by atoms with E-state index in [1.807, 2.05) is 35.7 Å². The van der Waals surface area contributed by atoms with E-state index < -0.39 is 0 Å². The van der Waals surface area contributed by atoms with Crippen molar-refractivity contribution in [2.24, 2.45) is 0 Å². The first-order chi connectivity index (χ1) is 11.1. The maximum Gasteiger partial charge on any atom is 0.263 e. The van der Waals surface area contributed by atoms with Crippen LogP contribution in [-0.4, -0.2) is 46.0 Å². The molecule has 0 aliphatic carbocycles. The van der Waals surface area contributed by atoms with Crippen molar-refractivity contribution in [1.29, 1.82) is 0 Å². The Morgan fingerprint density at radius 2 is 2.17 bits per heavy atom. The molecule has 3 rings (SSSR count). The molecule has 0 spiro atoms. The van der Waals surface area contributed by atoms with Crippen LogP contribution in [0.2, 0.25) is 0 Å². The zero-order valence-electron chi connectivity index (χ0n) is 13.8. The SMILES string of the molecule is Cc1ncn(CCNC2CCN(C(=O)c3cccs3)CC2)c1C. The molecule has 1 fully saturated rings. The minimum atomic E-state index is 0.183. The molecule has 2 aromatic heterocycles. The number of hydrogen-bond donors (Lipinski definition) is 1. The highest BCUT2D eigenvalue weighted by Crippen LogP contribution is 2.17. The number of carbonyl (C=O) groups is 1. The van der Waals surface area contributed by atoms with Gasteiger partial charge in [-0.05, 0) is 38.1 Å². The summed E-state index contributed by atoms with van der Waals surface area (Å²) >= 11 is 1.52. The number of nitrogens with one attached hydrogen (secondary N) is 1. The fourth-order valence-corrected chi connectivity index (χ4v) is 3.69. The first-order valence-corrected chi connectivity index (χ1v) is 9.07. The number of aromatic nitrogens is 2. The first-order valence-electron chi connectivity index (χ1n) is 8.19. The highest BCUT2D eigenvalue weighted by atomic mass is 32.1. The third-order valence-electron chi connectivity index (χ3n) is 4.65. The molecule has 0 bridgehead atoms. The molecule has 1 amide bonds. The van der Waals surface area contributed by atoms with E-state index in [9.17, 15) is 4.79 Å². The Morgan fingerprint density at radius 1 is 1.39 bits per heavy atom. The monoisotopic (exact) mass is 332 g/mol. The molecule has 0 saturated carbocycles. The standard InChI is InChI=1S/C17H24N4OS/c1-13-14(2)21(12-19-13)10-7-18-15-5-8-20(9-6-15)17(22)16-4-3-11-23-16/h3-4,11-12,15,18H,5-10H2,1-2H3. The van der Waals surface area contributed by atoms with Gasteiger partial charge in [0.2, 0.25) is 0 Å². The van der Waals surface area contributed by atoms with Crippen LogP contribution in [0.5, 0.6) is 0 Å². The molecule has 2 aromatic rings. The zero-order valence-corrected chi connectivity index (χ0v) is 14.6. The van der Waals surface area contributed by atoms with Crippen LogP contribution < -0.4 is 5.32 Å². The molecule has 0 unspecified atom stereocenters. The van der Waals surface area contributed by atoms with Crippen LogP contribution in [0, 0.1) is 13.8 Å². The molecule has 6 heteroatoms. The lowest BCUT2D eigenvalue weighted by Gasteiger charge is -2.32. The van der Waals surface area contributed by atoms with Crippen molar-refractivity contribution in [3.63, 3.8) is 0 Å². The fourth-order valence-electron chi connectivity index (χ4n) is 3.00. The topological polar surface area (TPSA) is 50.2 Å². The number of piperidine rings is 1. The van der Waals surface area contributed by atoms with Crippen molar-refractivity contribution in [2.45, 2.75) is 39.3 Å². The molecule has 3 heterocycles. The molecule has 1 aliphatic heterocycles. The van der Waals surface area contributed by atoms with Crippen LogP contribution in [0.25, 0.3) is 0 Å². The van der Waals surface area contributed by atoms with Gasteiger partial charge in [-0.2, -0.15) is 0 Å². The average molecular weight is 332 g/mol. The quantitative estimate of drug-likeness (QED) is 0.915. The summed E-state index contributed by atoms with van der Waals surface area (Å²) in [6.45, 7) is 7.73. The summed E-state index contributed by atoms with van der Waals surface area (Å²) in [6, 6.07) is 4.35. The lowest BCUT2D eigenvalue weighted by atomic mass is 10.0. The normalized spacial score (nSPS) is 16.0. The Morgan fingerprint density at radius 3 is 2.78 bits per heavy atom. The Labute approximate surface area is 141 Å². The predicted octanol–water partition coefficient (Wildman–Crippen LogP) is 2.46. The third-order valence-corrected chi connectivity index (χ3v) is 5.50. The molecule has 0 aromatic carbocycles. The van der Waals surface area contributed by atoms with Gasteiger partial charge < -0.3 is 14.8 Å². The maximum absolute atomic E-state index is 12.3. The lowest BCUT2D eigenvalue weighted by molar-refractivity contribution is 0.0710. The van der Waals surface area contributed by atoms with Crippen molar-refractivity contribution in [1.82, 2.24) is 19.8 Å². The summed E-state index contributed by atoms with van der Waals surface area (Å²) in [5.74, 6) is 0.183. The van der Waals surface area contributed by atoms with Gasteiger partial charge in [-0.25, -0.2) is 4.98 Å². The van der Waals surface area contributed by atoms with Crippen LogP contribution >= 0.6 is 11.3 Å². The number of rotatable bonds is 5. The Bertz CT molecular complexity index is 642. The van der Waals surface area contributed by atoms with E-state index in [2.05, 4.69) is 21.8 Å². The fraction of sp³-hybridized carbons (Fsp3) is 0.529. The van der Waals surface area contributed by atoms with Gasteiger partial charge in [0.1, 0.15) is 0 Å². The van der Waals surface area contributed by atoms with E-state index >= 15 is 0 Å². The summed E-state index contributed by atoms with van der Waals surface area (Å²) < 4.78 is 2.19. The molecule has 0 atom stereocenters. The van der Waals surface area contributed by atoms with Gasteiger partial charge >= 0.3 is 0 Å². The highest BCUT2D eigenvalue weighted by molar-refractivity contribution is 7.12. The zero-order chi connectivity index (χ0) is 16.2. The largest absolute Gasteiger partial charge is 0.338 e. The third kappa shape index (κ3) is 3.82. The van der Waals surface area contributed by atoms with Crippen molar-refractivity contribution in [3.8, 4) is 0 Å². The smallest absolute Gasteiger partial charge is 0.263 e. The lowest BCUT2D eigenvalue weighted by Crippen LogP contribution is -2.45. The average Bonchev–Trinajstić information content (AvgIpc) is 3.20. The summed E-state index contributed by atoms with van der Waals surface area (Å²) in [5.41, 5.74) is 2.34. The summed E-state index contributed by atoms with van der Waals surface area (Å²) in [7, 11) is 0. The van der Waals surface area contributed by atoms with Crippen molar-refractivity contribution >= 4 is 17.2 Å².